The highest BCUT2D eigenvalue weighted by molar-refractivity contribution is 5.89. The van der Waals surface area contributed by atoms with Gasteiger partial charge in [0.1, 0.15) is 110 Å². The third-order valence-electron chi connectivity index (χ3n) is 11.9. The molecule has 28 nitrogen and oxygen atoms in total. The SMILES string of the molecule is CCCC(=O)CCCCC(=O)N(CC(=O)NCCO[C@@H]1O[C@@H](C)[C@@H](O)[C@@H](O)[C@@H]1O)CC(=O)NCCO[C@H]1O[C@H](CO[C@H]2O[C@H](CO)[C@@H](O)[C@H](O)[C@@H]2O)[C@@H](O)[C@H](O[C@H]2O[C@H](CO)[C@@H](O)[C@H](O)[C@@H]2O)[C@@H]1O. The topological polar surface area (TPSA) is 432 Å². The minimum absolute atomic E-state index is 0.0346. The zero-order chi connectivity index (χ0) is 51.1. The Balaban J connectivity index is 1.37. The van der Waals surface area contributed by atoms with Crippen LogP contribution in [0.15, 0.2) is 0 Å². The van der Waals surface area contributed by atoms with Gasteiger partial charge in [-0.05, 0) is 26.2 Å². The molecule has 4 aliphatic heterocycles. The lowest BCUT2D eigenvalue weighted by Gasteiger charge is -2.46. The first-order valence-electron chi connectivity index (χ1n) is 22.9. The van der Waals surface area contributed by atoms with Gasteiger partial charge in [0.2, 0.25) is 17.7 Å². The molecule has 0 aromatic heterocycles. The fourth-order valence-corrected chi connectivity index (χ4v) is 7.80. The zero-order valence-corrected chi connectivity index (χ0v) is 38.3. The Hall–Kier alpha value is -2.76. The lowest BCUT2D eigenvalue weighted by molar-refractivity contribution is -0.366. The number of aliphatic hydroxyl groups is 13. The van der Waals surface area contributed by atoms with Crippen molar-refractivity contribution in [3.8, 4) is 0 Å². The molecule has 0 aliphatic carbocycles. The summed E-state index contributed by atoms with van der Waals surface area (Å²) in [6.07, 6.45) is -31.1. The molecule has 0 aromatic carbocycles. The average molecular weight is 1010 g/mol. The molecule has 0 spiro atoms. The van der Waals surface area contributed by atoms with E-state index in [2.05, 4.69) is 10.6 Å². The van der Waals surface area contributed by atoms with Crippen molar-refractivity contribution >= 4 is 23.5 Å². The molecule has 400 valence electrons. The largest absolute Gasteiger partial charge is 0.394 e. The van der Waals surface area contributed by atoms with Crippen LogP contribution in [0.1, 0.15) is 52.4 Å². The monoisotopic (exact) mass is 1010 g/mol. The highest BCUT2D eigenvalue weighted by Gasteiger charge is 2.52. The van der Waals surface area contributed by atoms with E-state index in [0.29, 0.717) is 19.3 Å². The van der Waals surface area contributed by atoms with E-state index in [9.17, 15) is 85.6 Å². The summed E-state index contributed by atoms with van der Waals surface area (Å²) in [5, 5.41) is 139. The van der Waals surface area contributed by atoms with E-state index < -0.39 is 180 Å². The molecule has 69 heavy (non-hydrogen) atoms. The van der Waals surface area contributed by atoms with Gasteiger partial charge >= 0.3 is 0 Å². The average Bonchev–Trinajstić information content (AvgIpc) is 3.32. The quantitative estimate of drug-likeness (QED) is 0.0358. The first-order chi connectivity index (χ1) is 32.7. The molecule has 3 amide bonds. The summed E-state index contributed by atoms with van der Waals surface area (Å²) in [6, 6.07) is 0. The van der Waals surface area contributed by atoms with E-state index in [-0.39, 0.29) is 44.7 Å². The molecule has 28 heteroatoms. The molecule has 0 radical (unpaired) electrons. The second kappa shape index (κ2) is 28.5. The summed E-state index contributed by atoms with van der Waals surface area (Å²) in [7, 11) is 0. The molecule has 4 saturated heterocycles. The number of carbonyl (C=O) groups is 4. The molecule has 4 heterocycles. The molecular formula is C41H71N3O25. The second-order valence-corrected chi connectivity index (χ2v) is 17.2. The third kappa shape index (κ3) is 16.4. The molecule has 0 saturated carbocycles. The van der Waals surface area contributed by atoms with Crippen molar-refractivity contribution in [3.05, 3.63) is 0 Å². The summed E-state index contributed by atoms with van der Waals surface area (Å²) < 4.78 is 44.1. The Labute approximate surface area is 396 Å². The zero-order valence-electron chi connectivity index (χ0n) is 38.3. The van der Waals surface area contributed by atoms with Gasteiger partial charge in [0.15, 0.2) is 25.2 Å². The molecular weight excluding hydrogens is 934 g/mol. The van der Waals surface area contributed by atoms with Crippen LogP contribution >= 0.6 is 0 Å². The number of nitrogens with one attached hydrogen (secondary N) is 2. The molecule has 4 aliphatic rings. The lowest BCUT2D eigenvalue weighted by Crippen LogP contribution is -2.65. The highest BCUT2D eigenvalue weighted by atomic mass is 16.8. The van der Waals surface area contributed by atoms with Crippen LogP contribution in [0.3, 0.4) is 0 Å². The van der Waals surface area contributed by atoms with Gasteiger partial charge in [-0.3, -0.25) is 19.2 Å². The van der Waals surface area contributed by atoms with Crippen molar-refractivity contribution in [3.63, 3.8) is 0 Å². The predicted octanol–water partition coefficient (Wildman–Crippen LogP) is -8.71. The summed E-state index contributed by atoms with van der Waals surface area (Å²) >= 11 is 0. The molecule has 15 N–H and O–H groups in total. The third-order valence-corrected chi connectivity index (χ3v) is 11.9. The van der Waals surface area contributed by atoms with Crippen LogP contribution in [0.2, 0.25) is 0 Å². The Morgan fingerprint density at radius 1 is 0.522 bits per heavy atom. The molecule has 0 unspecified atom stereocenters. The van der Waals surface area contributed by atoms with Crippen LogP contribution in [-0.4, -0.2) is 277 Å². The van der Waals surface area contributed by atoms with E-state index in [1.807, 2.05) is 6.92 Å². The minimum Gasteiger partial charge on any atom is -0.394 e. The Kier molecular flexibility index (Phi) is 24.3. The lowest BCUT2D eigenvalue weighted by atomic mass is 9.96. The second-order valence-electron chi connectivity index (χ2n) is 17.2. The standard InChI is InChI=1S/C41H71N3O25/c1-3-6-19(47)7-4-5-8-25(50)44(13-23(48)42-9-11-62-38-33(58)30(55)26(51)18(2)65-38)14-24(49)43-10-12-63-40-36(61)37(69-41-35(60)32(57)28(53)21(16-46)67-41)29(54)22(68-40)17-64-39-34(59)31(56)27(52)20(15-45)66-39/h18,20-22,26-41,45-46,51-61H,3-17H2,1-2H3,(H,42,48)(H,43,49)/t18-,20+,21+,22+,26+,27+,28+,29+,30+,31-,32-,33-,34-,35-,36-,37-,38+,39-,40-,41+/m0/s1. The van der Waals surface area contributed by atoms with Crippen LogP contribution in [0, 0.1) is 0 Å². The number of amides is 3. The number of carbonyl (C=O) groups excluding carboxylic acids is 4. The summed E-state index contributed by atoms with van der Waals surface area (Å²) in [5.41, 5.74) is 0. The van der Waals surface area contributed by atoms with Crippen LogP contribution < -0.4 is 10.6 Å². The van der Waals surface area contributed by atoms with Gasteiger partial charge in [0, 0.05) is 32.4 Å². The number of nitrogens with zero attached hydrogens (tertiary/aromatic N) is 1. The van der Waals surface area contributed by atoms with Gasteiger partial charge in [-0.15, -0.1) is 0 Å². The van der Waals surface area contributed by atoms with Crippen molar-refractivity contribution in [1.29, 1.82) is 0 Å². The number of hydrogen-bond donors (Lipinski definition) is 15. The number of unbranched alkanes of at least 4 members (excludes halogenated alkanes) is 1. The molecule has 0 bridgehead atoms. The van der Waals surface area contributed by atoms with Gasteiger partial charge in [0.25, 0.3) is 0 Å². The molecule has 4 fully saturated rings. The summed E-state index contributed by atoms with van der Waals surface area (Å²) in [5.74, 6) is -2.02. The van der Waals surface area contributed by atoms with E-state index >= 15 is 0 Å². The molecule has 20 atom stereocenters. The van der Waals surface area contributed by atoms with E-state index in [1.165, 1.54) is 6.92 Å². The highest BCUT2D eigenvalue weighted by Crippen LogP contribution is 2.31. The number of hydrogen-bond acceptors (Lipinski definition) is 25. The van der Waals surface area contributed by atoms with Crippen LogP contribution in [0.5, 0.6) is 0 Å². The Bertz CT molecular complexity index is 1590. The van der Waals surface area contributed by atoms with Crippen molar-refractivity contribution in [2.24, 2.45) is 0 Å². The number of aliphatic hydroxyl groups excluding tert-OH is 13. The van der Waals surface area contributed by atoms with Gasteiger partial charge in [-0.25, -0.2) is 0 Å². The molecule has 0 aromatic rings. The maximum absolute atomic E-state index is 13.3. The van der Waals surface area contributed by atoms with Crippen LogP contribution in [-0.2, 0) is 57.1 Å². The fraction of sp³-hybridized carbons (Fsp3) is 0.902. The van der Waals surface area contributed by atoms with Crippen molar-refractivity contribution in [1.82, 2.24) is 15.5 Å². The first-order valence-corrected chi connectivity index (χ1v) is 22.9. The first kappa shape index (κ1) is 58.8. The number of Topliss-reactive ketones (excluding diaryl/α,β-unsaturated/α-hetero) is 1. The number of ketones is 1. The Morgan fingerprint density at radius 3 is 1.52 bits per heavy atom. The maximum Gasteiger partial charge on any atom is 0.239 e. The van der Waals surface area contributed by atoms with Crippen molar-refractivity contribution < 1.29 is 123 Å². The normalized spacial score (nSPS) is 38.3. The van der Waals surface area contributed by atoms with Crippen LogP contribution in [0.25, 0.3) is 0 Å². The van der Waals surface area contributed by atoms with Gasteiger partial charge in [-0.2, -0.15) is 0 Å². The van der Waals surface area contributed by atoms with E-state index in [4.69, 9.17) is 37.9 Å². The number of ether oxygens (including phenoxy) is 8. The van der Waals surface area contributed by atoms with Gasteiger partial charge in [0.05, 0.1) is 39.1 Å². The van der Waals surface area contributed by atoms with Crippen molar-refractivity contribution in [2.75, 3.05) is 59.2 Å². The van der Waals surface area contributed by atoms with E-state index in [1.54, 1.807) is 0 Å². The van der Waals surface area contributed by atoms with Gasteiger partial charge < -0.3 is 120 Å². The van der Waals surface area contributed by atoms with Crippen LogP contribution in [0.4, 0.5) is 0 Å². The number of rotatable bonds is 26. The molecule has 4 rings (SSSR count). The summed E-state index contributed by atoms with van der Waals surface area (Å²) in [4.78, 5) is 52.4. The Morgan fingerprint density at radius 2 is 0.986 bits per heavy atom. The minimum atomic E-state index is -1.97. The predicted molar refractivity (Wildman–Crippen MR) is 224 cm³/mol. The smallest absolute Gasteiger partial charge is 0.239 e. The van der Waals surface area contributed by atoms with E-state index in [0.717, 1.165) is 4.90 Å². The van der Waals surface area contributed by atoms with Gasteiger partial charge in [-0.1, -0.05) is 6.92 Å². The summed E-state index contributed by atoms with van der Waals surface area (Å²) in [6.45, 7) is -1.34. The van der Waals surface area contributed by atoms with Crippen molar-refractivity contribution in [2.45, 2.75) is 175 Å². The fourth-order valence-electron chi connectivity index (χ4n) is 7.80. The maximum atomic E-state index is 13.3.